The van der Waals surface area contributed by atoms with E-state index in [1.165, 1.54) is 11.6 Å². The Kier molecular flexibility index (Phi) is 5.38. The van der Waals surface area contributed by atoms with Crippen molar-refractivity contribution in [2.24, 2.45) is 17.3 Å². The standard InChI is InChI=1S/C22H25F3N2O3/c1-30-18-6-2-14(3-7-18)15-8-21(9-19(21)20(28)29)13-27(11-15)12-17-5-4-16(10-26-17)22(23,24)25/h2,4-6,10,15,19H,3,7-9,11-13H2,1H3,(H,28,29)/t15?,19-,21+/m1/s1. The number of aromatic nitrogens is 1. The highest BCUT2D eigenvalue weighted by Crippen LogP contribution is 2.60. The van der Waals surface area contributed by atoms with Gasteiger partial charge >= 0.3 is 12.1 Å². The molecule has 1 N–H and O–H groups in total. The number of ether oxygens (including phenoxy) is 1. The van der Waals surface area contributed by atoms with Crippen molar-refractivity contribution in [1.29, 1.82) is 0 Å². The van der Waals surface area contributed by atoms with Gasteiger partial charge in [0.05, 0.1) is 30.0 Å². The summed E-state index contributed by atoms with van der Waals surface area (Å²) in [6.45, 7) is 1.80. The van der Waals surface area contributed by atoms with Crippen LogP contribution < -0.4 is 0 Å². The van der Waals surface area contributed by atoms with Gasteiger partial charge in [0, 0.05) is 32.3 Å². The van der Waals surface area contributed by atoms with Gasteiger partial charge in [0.25, 0.3) is 0 Å². The van der Waals surface area contributed by atoms with Gasteiger partial charge in [-0.15, -0.1) is 0 Å². The van der Waals surface area contributed by atoms with Crippen LogP contribution in [0.3, 0.4) is 0 Å². The van der Waals surface area contributed by atoms with Crippen LogP contribution in [0.2, 0.25) is 0 Å². The number of pyridine rings is 1. The summed E-state index contributed by atoms with van der Waals surface area (Å²) in [5.74, 6) is 0.0530. The third-order valence-corrected chi connectivity index (χ3v) is 6.63. The molecule has 0 amide bonds. The summed E-state index contributed by atoms with van der Waals surface area (Å²) < 4.78 is 43.7. The van der Waals surface area contributed by atoms with Crippen LogP contribution >= 0.6 is 0 Å². The molecule has 4 rings (SSSR count). The Morgan fingerprint density at radius 2 is 2.10 bits per heavy atom. The van der Waals surface area contributed by atoms with Gasteiger partial charge in [0.2, 0.25) is 0 Å². The third kappa shape index (κ3) is 4.24. The fraction of sp³-hybridized carbons (Fsp3) is 0.545. The minimum atomic E-state index is -4.41. The van der Waals surface area contributed by atoms with Crippen LogP contribution in [0.5, 0.6) is 0 Å². The smallest absolute Gasteiger partial charge is 0.417 e. The summed E-state index contributed by atoms with van der Waals surface area (Å²) in [6, 6.07) is 2.46. The van der Waals surface area contributed by atoms with E-state index in [1.54, 1.807) is 7.11 Å². The lowest BCUT2D eigenvalue weighted by Gasteiger charge is -2.40. The molecular formula is C22H25F3N2O3. The number of alkyl halides is 3. The van der Waals surface area contributed by atoms with Gasteiger partial charge < -0.3 is 9.84 Å². The van der Waals surface area contributed by atoms with Crippen LogP contribution in [0.25, 0.3) is 0 Å². The molecule has 1 unspecified atom stereocenters. The first-order chi connectivity index (χ1) is 14.2. The Morgan fingerprint density at radius 3 is 2.63 bits per heavy atom. The van der Waals surface area contributed by atoms with Gasteiger partial charge in [-0.25, -0.2) is 0 Å². The highest BCUT2D eigenvalue weighted by atomic mass is 19.4. The summed E-state index contributed by atoms with van der Waals surface area (Å²) in [4.78, 5) is 17.8. The largest absolute Gasteiger partial charge is 0.501 e. The average Bonchev–Trinajstić information content (AvgIpc) is 3.40. The molecule has 2 fully saturated rings. The van der Waals surface area contributed by atoms with Gasteiger partial charge in [0.1, 0.15) is 0 Å². The SMILES string of the molecule is COC1=CC=C(C2CN(Cc3ccc(C(F)(F)F)cn3)C[C@]3(C2)C[C@@H]3C(=O)O)CC1. The zero-order chi connectivity index (χ0) is 21.5. The zero-order valence-corrected chi connectivity index (χ0v) is 16.8. The van der Waals surface area contributed by atoms with Crippen LogP contribution in [0.1, 0.15) is 36.9 Å². The zero-order valence-electron chi connectivity index (χ0n) is 16.8. The van der Waals surface area contributed by atoms with Crippen LogP contribution in [0.15, 0.2) is 41.8 Å². The molecule has 1 spiro atoms. The Morgan fingerprint density at radius 1 is 1.30 bits per heavy atom. The molecule has 1 aromatic rings. The lowest BCUT2D eigenvalue weighted by molar-refractivity contribution is -0.140. The maximum absolute atomic E-state index is 12.8. The van der Waals surface area contributed by atoms with E-state index in [2.05, 4.69) is 16.0 Å². The second-order valence-electron chi connectivity index (χ2n) is 8.64. The first kappa shape index (κ1) is 20.9. The highest BCUT2D eigenvalue weighted by Gasteiger charge is 2.61. The minimum absolute atomic E-state index is 0.229. The average molecular weight is 422 g/mol. The van der Waals surface area contributed by atoms with E-state index in [-0.39, 0.29) is 17.3 Å². The third-order valence-electron chi connectivity index (χ3n) is 6.63. The van der Waals surface area contributed by atoms with Crippen molar-refractivity contribution in [1.82, 2.24) is 9.88 Å². The molecule has 3 atom stereocenters. The number of hydrogen-bond donors (Lipinski definition) is 1. The summed E-state index contributed by atoms with van der Waals surface area (Å²) in [5, 5.41) is 9.54. The van der Waals surface area contributed by atoms with Crippen molar-refractivity contribution >= 4 is 5.97 Å². The fourth-order valence-corrected chi connectivity index (χ4v) is 4.97. The maximum Gasteiger partial charge on any atom is 0.417 e. The number of carbonyl (C=O) groups is 1. The van der Waals surface area contributed by atoms with Gasteiger partial charge in [-0.3, -0.25) is 14.7 Å². The Labute approximate surface area is 173 Å². The van der Waals surface area contributed by atoms with E-state index in [0.29, 0.717) is 25.2 Å². The number of halogens is 3. The maximum atomic E-state index is 12.8. The molecule has 8 heteroatoms. The molecule has 0 radical (unpaired) electrons. The first-order valence-electron chi connectivity index (χ1n) is 10.1. The van der Waals surface area contributed by atoms with Crippen molar-refractivity contribution < 1.29 is 27.8 Å². The number of carboxylic acids is 1. The molecule has 30 heavy (non-hydrogen) atoms. The quantitative estimate of drug-likeness (QED) is 0.768. The lowest BCUT2D eigenvalue weighted by Crippen LogP contribution is -2.43. The van der Waals surface area contributed by atoms with Crippen molar-refractivity contribution in [2.45, 2.75) is 38.4 Å². The van der Waals surface area contributed by atoms with E-state index in [0.717, 1.165) is 43.8 Å². The molecule has 1 aromatic heterocycles. The molecule has 1 aliphatic heterocycles. The van der Waals surface area contributed by atoms with E-state index >= 15 is 0 Å². The highest BCUT2D eigenvalue weighted by molar-refractivity contribution is 5.75. The molecular weight excluding hydrogens is 397 g/mol. The van der Waals surface area contributed by atoms with E-state index < -0.39 is 17.7 Å². The van der Waals surface area contributed by atoms with Gasteiger partial charge in [-0.1, -0.05) is 11.6 Å². The normalized spacial score (nSPS) is 29.3. The van der Waals surface area contributed by atoms with Gasteiger partial charge in [-0.2, -0.15) is 13.2 Å². The Bertz CT molecular complexity index is 879. The number of rotatable bonds is 5. The first-order valence-corrected chi connectivity index (χ1v) is 10.1. The summed E-state index contributed by atoms with van der Waals surface area (Å²) in [6.07, 6.45) is 3.72. The molecule has 5 nitrogen and oxygen atoms in total. The van der Waals surface area contributed by atoms with Crippen LogP contribution in [-0.2, 0) is 22.3 Å². The molecule has 1 saturated carbocycles. The summed E-state index contributed by atoms with van der Waals surface area (Å²) >= 11 is 0. The van der Waals surface area contributed by atoms with Gasteiger partial charge in [-0.05, 0) is 48.8 Å². The van der Waals surface area contributed by atoms with E-state index in [1.807, 2.05) is 6.08 Å². The lowest BCUT2D eigenvalue weighted by atomic mass is 9.78. The van der Waals surface area contributed by atoms with Crippen LogP contribution in [0, 0.1) is 17.3 Å². The van der Waals surface area contributed by atoms with Gasteiger partial charge in [0.15, 0.2) is 0 Å². The molecule has 2 aliphatic carbocycles. The molecule has 2 heterocycles. The Hall–Kier alpha value is -2.35. The number of carboxylic acid groups (broad SMARTS) is 1. The van der Waals surface area contributed by atoms with Crippen LogP contribution in [0.4, 0.5) is 13.2 Å². The predicted molar refractivity (Wildman–Crippen MR) is 103 cm³/mol. The van der Waals surface area contributed by atoms with Crippen molar-refractivity contribution in [3.05, 3.63) is 53.1 Å². The van der Waals surface area contributed by atoms with Crippen LogP contribution in [-0.4, -0.2) is 41.2 Å². The fourth-order valence-electron chi connectivity index (χ4n) is 4.97. The van der Waals surface area contributed by atoms with Crippen molar-refractivity contribution in [3.63, 3.8) is 0 Å². The minimum Gasteiger partial charge on any atom is -0.501 e. The van der Waals surface area contributed by atoms with E-state index in [4.69, 9.17) is 4.74 Å². The molecule has 1 saturated heterocycles. The second-order valence-corrected chi connectivity index (χ2v) is 8.64. The van der Waals surface area contributed by atoms with Crippen molar-refractivity contribution in [2.75, 3.05) is 20.2 Å². The number of hydrogen-bond acceptors (Lipinski definition) is 4. The number of nitrogens with zero attached hydrogens (tertiary/aromatic N) is 2. The monoisotopic (exact) mass is 422 g/mol. The number of allylic oxidation sites excluding steroid dienone is 3. The topological polar surface area (TPSA) is 62.7 Å². The summed E-state index contributed by atoms with van der Waals surface area (Å²) in [7, 11) is 1.65. The molecule has 0 aromatic carbocycles. The molecule has 0 bridgehead atoms. The molecule has 162 valence electrons. The van der Waals surface area contributed by atoms with Crippen molar-refractivity contribution in [3.8, 4) is 0 Å². The Balaban J connectivity index is 1.52. The number of aliphatic carboxylic acids is 1. The van der Waals surface area contributed by atoms with E-state index in [9.17, 15) is 23.1 Å². The number of methoxy groups -OCH3 is 1. The summed E-state index contributed by atoms with van der Waals surface area (Å²) in [5.41, 5.74) is 0.828. The predicted octanol–water partition coefficient (Wildman–Crippen LogP) is 4.26. The molecule has 3 aliphatic rings. The second kappa shape index (κ2) is 7.72. The number of likely N-dealkylation sites (tertiary alicyclic amines) is 1. The number of piperidine rings is 1.